The molecule has 5 atom stereocenters. The topological polar surface area (TPSA) is 116 Å². The van der Waals surface area contributed by atoms with E-state index in [2.05, 4.69) is 0 Å². The lowest BCUT2D eigenvalue weighted by molar-refractivity contribution is -0.255. The molecule has 0 radical (unpaired) electrons. The molecule has 0 N–H and O–H groups in total. The van der Waals surface area contributed by atoms with Crippen molar-refractivity contribution in [3.8, 4) is 11.5 Å². The van der Waals surface area contributed by atoms with Crippen LogP contribution in [0.3, 0.4) is 0 Å². The Labute approximate surface area is 249 Å². The van der Waals surface area contributed by atoms with Crippen molar-refractivity contribution in [2.24, 2.45) is 0 Å². The molecule has 0 amide bonds. The number of carbonyl (C=O) groups excluding carboxylic acids is 3. The second-order valence-corrected chi connectivity index (χ2v) is 10.3. The van der Waals surface area contributed by atoms with Gasteiger partial charge < -0.3 is 33.2 Å². The van der Waals surface area contributed by atoms with Crippen LogP contribution in [0.2, 0.25) is 5.02 Å². The SMILES string of the molecule is CCOc1ccc(Cc2cc3c(cc2Cl)OCC=CCOCC2OC3C(OC(C)=O)C(OC(C)=O)C2OC(C)=O)cc1. The van der Waals surface area contributed by atoms with Crippen molar-refractivity contribution in [3.63, 3.8) is 0 Å². The summed E-state index contributed by atoms with van der Waals surface area (Å²) in [5.74, 6) is -0.757. The molecule has 10 nitrogen and oxygen atoms in total. The van der Waals surface area contributed by atoms with Crippen LogP contribution < -0.4 is 9.47 Å². The van der Waals surface area contributed by atoms with E-state index in [1.165, 1.54) is 20.8 Å². The first-order valence-electron chi connectivity index (χ1n) is 13.7. The molecule has 226 valence electrons. The summed E-state index contributed by atoms with van der Waals surface area (Å²) in [6, 6.07) is 11.2. The summed E-state index contributed by atoms with van der Waals surface area (Å²) in [5, 5.41) is 0.466. The van der Waals surface area contributed by atoms with Gasteiger partial charge in [-0.3, -0.25) is 14.4 Å². The van der Waals surface area contributed by atoms with Crippen molar-refractivity contribution >= 4 is 29.5 Å². The van der Waals surface area contributed by atoms with Crippen molar-refractivity contribution in [2.75, 3.05) is 26.4 Å². The Bertz CT molecular complexity index is 1290. The maximum atomic E-state index is 12.3. The highest BCUT2D eigenvalue weighted by Gasteiger charge is 2.53. The van der Waals surface area contributed by atoms with Crippen molar-refractivity contribution in [1.82, 2.24) is 0 Å². The van der Waals surface area contributed by atoms with Crippen LogP contribution in [-0.2, 0) is 44.5 Å². The minimum Gasteiger partial charge on any atom is -0.494 e. The van der Waals surface area contributed by atoms with Gasteiger partial charge in [0.1, 0.15) is 30.3 Å². The van der Waals surface area contributed by atoms with Gasteiger partial charge in [0.15, 0.2) is 18.3 Å². The van der Waals surface area contributed by atoms with Crippen molar-refractivity contribution in [3.05, 3.63) is 70.3 Å². The number of carbonyl (C=O) groups is 3. The summed E-state index contributed by atoms with van der Waals surface area (Å²) in [7, 11) is 0. The van der Waals surface area contributed by atoms with E-state index in [1.807, 2.05) is 37.3 Å². The summed E-state index contributed by atoms with van der Waals surface area (Å²) < 4.78 is 40.8. The molecule has 1 fully saturated rings. The van der Waals surface area contributed by atoms with E-state index in [0.717, 1.165) is 16.9 Å². The molecule has 0 saturated carbocycles. The highest BCUT2D eigenvalue weighted by Crippen LogP contribution is 2.43. The normalized spacial score (nSPS) is 23.7. The molecule has 1 saturated heterocycles. The Morgan fingerprint density at radius 3 is 2.19 bits per heavy atom. The van der Waals surface area contributed by atoms with E-state index in [9.17, 15) is 14.4 Å². The smallest absolute Gasteiger partial charge is 0.303 e. The van der Waals surface area contributed by atoms with Gasteiger partial charge in [-0.15, -0.1) is 0 Å². The minimum absolute atomic E-state index is 0.00611. The van der Waals surface area contributed by atoms with E-state index >= 15 is 0 Å². The minimum atomic E-state index is -1.20. The molecule has 42 heavy (non-hydrogen) atoms. The molecule has 2 aromatic carbocycles. The third-order valence-corrected chi connectivity index (χ3v) is 7.00. The highest BCUT2D eigenvalue weighted by atomic mass is 35.5. The zero-order valence-electron chi connectivity index (χ0n) is 24.0. The monoisotopic (exact) mass is 602 g/mol. The first-order valence-corrected chi connectivity index (χ1v) is 14.1. The third-order valence-electron chi connectivity index (χ3n) is 6.65. The van der Waals surface area contributed by atoms with Crippen molar-refractivity contribution < 1.29 is 47.5 Å². The summed E-state index contributed by atoms with van der Waals surface area (Å²) >= 11 is 6.75. The number of hydrogen-bond donors (Lipinski definition) is 0. The zero-order chi connectivity index (χ0) is 30.2. The first-order chi connectivity index (χ1) is 20.2. The first kappa shape index (κ1) is 31.3. The largest absolute Gasteiger partial charge is 0.494 e. The van der Waals surface area contributed by atoms with Crippen molar-refractivity contribution in [2.45, 2.75) is 64.6 Å². The second-order valence-electron chi connectivity index (χ2n) is 9.87. The number of hydrogen-bond acceptors (Lipinski definition) is 10. The molecule has 2 bridgehead atoms. The Morgan fingerprint density at radius 2 is 1.52 bits per heavy atom. The maximum absolute atomic E-state index is 12.3. The quantitative estimate of drug-likeness (QED) is 0.254. The number of ether oxygens (including phenoxy) is 7. The molecule has 2 heterocycles. The van der Waals surface area contributed by atoms with Crippen LogP contribution in [0.4, 0.5) is 0 Å². The molecule has 5 unspecified atom stereocenters. The van der Waals surface area contributed by atoms with Gasteiger partial charge >= 0.3 is 17.9 Å². The van der Waals surface area contributed by atoms with Gasteiger partial charge in [-0.25, -0.2) is 0 Å². The Balaban J connectivity index is 1.82. The lowest BCUT2D eigenvalue weighted by Gasteiger charge is -2.45. The van der Waals surface area contributed by atoms with Gasteiger partial charge in [0.2, 0.25) is 0 Å². The molecule has 2 aliphatic rings. The summed E-state index contributed by atoms with van der Waals surface area (Å²) in [5.41, 5.74) is 2.26. The van der Waals surface area contributed by atoms with Crippen LogP contribution in [0.1, 0.15) is 50.5 Å². The lowest BCUT2D eigenvalue weighted by Crippen LogP contribution is -2.59. The van der Waals surface area contributed by atoms with E-state index in [1.54, 1.807) is 18.2 Å². The lowest BCUT2D eigenvalue weighted by atomic mass is 9.88. The number of esters is 3. The second kappa shape index (κ2) is 14.5. The molecule has 2 aliphatic heterocycles. The molecule has 0 aliphatic carbocycles. The van der Waals surface area contributed by atoms with Crippen molar-refractivity contribution in [1.29, 1.82) is 0 Å². The van der Waals surface area contributed by atoms with E-state index < -0.39 is 48.4 Å². The Morgan fingerprint density at radius 1 is 0.881 bits per heavy atom. The Hall–Kier alpha value is -3.60. The van der Waals surface area contributed by atoms with Gasteiger partial charge in [-0.2, -0.15) is 0 Å². The fourth-order valence-electron chi connectivity index (χ4n) is 5.00. The van der Waals surface area contributed by atoms with Crippen LogP contribution in [-0.4, -0.2) is 68.8 Å². The van der Waals surface area contributed by atoms with Gasteiger partial charge in [-0.05, 0) is 54.8 Å². The average molecular weight is 603 g/mol. The fraction of sp³-hybridized carbons (Fsp3) is 0.452. The molecule has 4 rings (SSSR count). The Kier molecular flexibility index (Phi) is 10.8. The van der Waals surface area contributed by atoms with Gasteiger partial charge in [-0.1, -0.05) is 29.8 Å². The fourth-order valence-corrected chi connectivity index (χ4v) is 5.22. The van der Waals surface area contributed by atoms with Crippen LogP contribution in [0.15, 0.2) is 48.6 Å². The summed E-state index contributed by atoms with van der Waals surface area (Å²) in [6.07, 6.45) is -1.30. The number of rotatable bonds is 7. The van der Waals surface area contributed by atoms with Crippen LogP contribution in [0.25, 0.3) is 0 Å². The average Bonchev–Trinajstić information content (AvgIpc) is 2.92. The van der Waals surface area contributed by atoms with E-state index in [4.69, 9.17) is 44.8 Å². The highest BCUT2D eigenvalue weighted by molar-refractivity contribution is 6.31. The summed E-state index contributed by atoms with van der Waals surface area (Å²) in [4.78, 5) is 36.7. The third kappa shape index (κ3) is 8.02. The standard InChI is InChI=1S/C31H35ClO10/c1-5-37-23-10-8-21(9-11-23)14-22-15-24-26(16-25(22)32)38-13-7-6-12-36-17-27-29(39-18(2)33)31(41-20(4)35)30(28(24)42-27)40-19(3)34/h6-11,15-16,27-31H,5,12-14,17H2,1-4H3. The van der Waals surface area contributed by atoms with Gasteiger partial charge in [0.05, 0.1) is 19.8 Å². The molecule has 0 aromatic heterocycles. The van der Waals surface area contributed by atoms with E-state index in [-0.39, 0.29) is 19.8 Å². The maximum Gasteiger partial charge on any atom is 0.303 e. The summed E-state index contributed by atoms with van der Waals surface area (Å²) in [6.45, 7) is 6.63. The van der Waals surface area contributed by atoms with E-state index in [0.29, 0.717) is 29.4 Å². The predicted octanol–water partition coefficient (Wildman–Crippen LogP) is 4.53. The molecule has 2 aromatic rings. The van der Waals surface area contributed by atoms with Gasteiger partial charge in [0.25, 0.3) is 0 Å². The molecular formula is C31H35ClO10. The van der Waals surface area contributed by atoms with Crippen LogP contribution in [0.5, 0.6) is 11.5 Å². The number of halogens is 1. The van der Waals surface area contributed by atoms with Crippen LogP contribution >= 0.6 is 11.6 Å². The predicted molar refractivity (Wildman–Crippen MR) is 152 cm³/mol. The van der Waals surface area contributed by atoms with Gasteiger partial charge in [0, 0.05) is 31.4 Å². The molecule has 0 spiro atoms. The molecular weight excluding hydrogens is 568 g/mol. The zero-order valence-corrected chi connectivity index (χ0v) is 24.8. The number of benzene rings is 2. The van der Waals surface area contributed by atoms with Crippen LogP contribution in [0, 0.1) is 0 Å². The number of fused-ring (bicyclic) bond motifs is 4. The molecule has 11 heteroatoms.